The number of aromatic nitrogens is 1. The minimum absolute atomic E-state index is 0.647. The van der Waals surface area contributed by atoms with Crippen LogP contribution in [0.25, 0.3) is 11.3 Å². The molecule has 1 saturated heterocycles. The quantitative estimate of drug-likeness (QED) is 0.881. The number of halogens is 1. The average Bonchev–Trinajstić information content (AvgIpc) is 2.83. The Morgan fingerprint density at radius 1 is 1.21 bits per heavy atom. The van der Waals surface area contributed by atoms with Crippen molar-refractivity contribution in [3.05, 3.63) is 38.6 Å². The Bertz CT molecular complexity index is 556. The summed E-state index contributed by atoms with van der Waals surface area (Å²) < 4.78 is 1.11. The molecule has 0 unspecified atom stereocenters. The van der Waals surface area contributed by atoms with E-state index in [9.17, 15) is 0 Å². The normalized spacial score (nSPS) is 16.7. The van der Waals surface area contributed by atoms with E-state index in [4.69, 9.17) is 4.98 Å². The number of piperidine rings is 1. The molecule has 0 amide bonds. The third-order valence-electron chi connectivity index (χ3n) is 3.62. The molecule has 1 N–H and O–H groups in total. The van der Waals surface area contributed by atoms with Crippen LogP contribution in [0.3, 0.4) is 0 Å². The van der Waals surface area contributed by atoms with Crippen molar-refractivity contribution >= 4 is 27.3 Å². The van der Waals surface area contributed by atoms with E-state index in [1.54, 1.807) is 0 Å². The molecule has 2 heterocycles. The summed E-state index contributed by atoms with van der Waals surface area (Å²) >= 11 is 5.35. The van der Waals surface area contributed by atoms with Crippen LogP contribution in [0.4, 0.5) is 0 Å². The molecule has 0 aliphatic carbocycles. The summed E-state index contributed by atoms with van der Waals surface area (Å²) in [5.41, 5.74) is 2.38. The summed E-state index contributed by atoms with van der Waals surface area (Å²) in [5.74, 6) is 0.647. The lowest BCUT2D eigenvalue weighted by atomic mass is 9.99. The van der Waals surface area contributed by atoms with Gasteiger partial charge >= 0.3 is 0 Å². The highest BCUT2D eigenvalue weighted by Gasteiger charge is 2.20. The van der Waals surface area contributed by atoms with E-state index in [2.05, 4.69) is 52.4 Å². The molecule has 0 atom stereocenters. The first-order valence-electron chi connectivity index (χ1n) is 6.68. The minimum Gasteiger partial charge on any atom is -0.317 e. The van der Waals surface area contributed by atoms with Crippen LogP contribution in [0.15, 0.2) is 28.7 Å². The van der Waals surface area contributed by atoms with Crippen molar-refractivity contribution in [1.82, 2.24) is 10.3 Å². The third kappa shape index (κ3) is 2.91. The molecule has 100 valence electrons. The number of aryl methyl sites for hydroxylation is 1. The maximum atomic E-state index is 4.91. The highest BCUT2D eigenvalue weighted by atomic mass is 79.9. The number of thiazole rings is 1. The summed E-state index contributed by atoms with van der Waals surface area (Å²) in [6, 6.07) is 8.44. The van der Waals surface area contributed by atoms with Crippen LogP contribution in [0, 0.1) is 6.92 Å². The first kappa shape index (κ1) is 13.3. The van der Waals surface area contributed by atoms with Gasteiger partial charge in [-0.2, -0.15) is 0 Å². The van der Waals surface area contributed by atoms with Crippen molar-refractivity contribution in [3.63, 3.8) is 0 Å². The second-order valence-corrected chi connectivity index (χ2v) is 7.14. The van der Waals surface area contributed by atoms with E-state index < -0.39 is 0 Å². The molecule has 4 heteroatoms. The van der Waals surface area contributed by atoms with Crippen LogP contribution in [-0.4, -0.2) is 18.1 Å². The predicted octanol–water partition coefficient (Wildman–Crippen LogP) is 4.35. The van der Waals surface area contributed by atoms with Crippen LogP contribution < -0.4 is 5.32 Å². The highest BCUT2D eigenvalue weighted by molar-refractivity contribution is 9.10. The van der Waals surface area contributed by atoms with E-state index in [1.807, 2.05) is 11.3 Å². The van der Waals surface area contributed by atoms with Gasteiger partial charge in [0.1, 0.15) is 0 Å². The van der Waals surface area contributed by atoms with Gasteiger partial charge in [-0.3, -0.25) is 0 Å². The Labute approximate surface area is 126 Å². The first-order valence-corrected chi connectivity index (χ1v) is 8.29. The zero-order chi connectivity index (χ0) is 13.2. The van der Waals surface area contributed by atoms with Crippen molar-refractivity contribution in [3.8, 4) is 11.3 Å². The number of rotatable bonds is 2. The summed E-state index contributed by atoms with van der Waals surface area (Å²) in [7, 11) is 0. The van der Waals surface area contributed by atoms with E-state index in [0.717, 1.165) is 23.3 Å². The lowest BCUT2D eigenvalue weighted by Gasteiger charge is -2.20. The summed E-state index contributed by atoms with van der Waals surface area (Å²) in [6.07, 6.45) is 2.43. The molecule has 1 aliphatic rings. The van der Waals surface area contributed by atoms with Crippen molar-refractivity contribution in [2.45, 2.75) is 25.7 Å². The standard InChI is InChI=1S/C15H17BrN2S/c1-10-14(11-2-4-13(16)5-3-11)18-15(19-10)12-6-8-17-9-7-12/h2-5,12,17H,6-9H2,1H3. The van der Waals surface area contributed by atoms with Gasteiger partial charge in [0.15, 0.2) is 0 Å². The van der Waals surface area contributed by atoms with Gasteiger partial charge < -0.3 is 5.32 Å². The Balaban J connectivity index is 1.90. The molecule has 3 rings (SSSR count). The molecule has 1 aromatic heterocycles. The summed E-state index contributed by atoms with van der Waals surface area (Å²) in [5, 5.41) is 4.73. The maximum absolute atomic E-state index is 4.91. The Morgan fingerprint density at radius 2 is 1.89 bits per heavy atom. The fourth-order valence-electron chi connectivity index (χ4n) is 2.54. The smallest absolute Gasteiger partial charge is 0.0967 e. The van der Waals surface area contributed by atoms with Gasteiger partial charge in [-0.1, -0.05) is 28.1 Å². The monoisotopic (exact) mass is 336 g/mol. The van der Waals surface area contributed by atoms with Gasteiger partial charge in [-0.05, 0) is 45.0 Å². The van der Waals surface area contributed by atoms with Crippen LogP contribution in [0.1, 0.15) is 28.6 Å². The topological polar surface area (TPSA) is 24.9 Å². The lowest BCUT2D eigenvalue weighted by molar-refractivity contribution is 0.459. The fourth-order valence-corrected chi connectivity index (χ4v) is 3.91. The van der Waals surface area contributed by atoms with Gasteiger partial charge in [0, 0.05) is 20.8 Å². The lowest BCUT2D eigenvalue weighted by Crippen LogP contribution is -2.26. The van der Waals surface area contributed by atoms with Crippen LogP contribution in [0.5, 0.6) is 0 Å². The third-order valence-corrected chi connectivity index (χ3v) is 5.28. The van der Waals surface area contributed by atoms with E-state index in [1.165, 1.54) is 28.3 Å². The number of nitrogens with zero attached hydrogens (tertiary/aromatic N) is 1. The molecule has 1 aliphatic heterocycles. The van der Waals surface area contributed by atoms with E-state index >= 15 is 0 Å². The average molecular weight is 337 g/mol. The zero-order valence-corrected chi connectivity index (χ0v) is 13.4. The van der Waals surface area contributed by atoms with Gasteiger partial charge in [0.25, 0.3) is 0 Å². The van der Waals surface area contributed by atoms with Crippen molar-refractivity contribution in [2.24, 2.45) is 0 Å². The molecule has 0 bridgehead atoms. The number of hydrogen-bond donors (Lipinski definition) is 1. The molecular weight excluding hydrogens is 320 g/mol. The van der Waals surface area contributed by atoms with Gasteiger partial charge in [0.2, 0.25) is 0 Å². The van der Waals surface area contributed by atoms with E-state index in [-0.39, 0.29) is 0 Å². The van der Waals surface area contributed by atoms with E-state index in [0.29, 0.717) is 5.92 Å². The second kappa shape index (κ2) is 5.73. The predicted molar refractivity (Wildman–Crippen MR) is 84.8 cm³/mol. The number of hydrogen-bond acceptors (Lipinski definition) is 3. The second-order valence-electron chi connectivity index (χ2n) is 4.99. The number of nitrogens with one attached hydrogen (secondary N) is 1. The molecule has 1 fully saturated rings. The molecule has 1 aromatic carbocycles. The first-order chi connectivity index (χ1) is 9.24. The van der Waals surface area contributed by atoms with Crippen LogP contribution in [-0.2, 0) is 0 Å². The Kier molecular flexibility index (Phi) is 4.01. The molecule has 19 heavy (non-hydrogen) atoms. The number of benzene rings is 1. The van der Waals surface area contributed by atoms with Crippen molar-refractivity contribution in [2.75, 3.05) is 13.1 Å². The van der Waals surface area contributed by atoms with Crippen LogP contribution in [0.2, 0.25) is 0 Å². The molecule has 0 radical (unpaired) electrons. The molecule has 0 saturated carbocycles. The maximum Gasteiger partial charge on any atom is 0.0967 e. The van der Waals surface area contributed by atoms with Gasteiger partial charge in [0.05, 0.1) is 10.7 Å². The van der Waals surface area contributed by atoms with Gasteiger partial charge in [-0.25, -0.2) is 4.98 Å². The Morgan fingerprint density at radius 3 is 2.58 bits per heavy atom. The minimum atomic E-state index is 0.647. The van der Waals surface area contributed by atoms with Crippen molar-refractivity contribution < 1.29 is 0 Å². The van der Waals surface area contributed by atoms with Crippen molar-refractivity contribution in [1.29, 1.82) is 0 Å². The molecular formula is C15H17BrN2S. The summed E-state index contributed by atoms with van der Waals surface area (Å²) in [6.45, 7) is 4.42. The summed E-state index contributed by atoms with van der Waals surface area (Å²) in [4.78, 5) is 6.24. The highest BCUT2D eigenvalue weighted by Crippen LogP contribution is 2.34. The molecule has 0 spiro atoms. The van der Waals surface area contributed by atoms with Gasteiger partial charge in [-0.15, -0.1) is 11.3 Å². The largest absolute Gasteiger partial charge is 0.317 e. The fraction of sp³-hybridized carbons (Fsp3) is 0.400. The molecule has 2 nitrogen and oxygen atoms in total. The molecule has 2 aromatic rings. The zero-order valence-electron chi connectivity index (χ0n) is 10.9. The Hall–Kier alpha value is -0.710. The SMILES string of the molecule is Cc1sc(C2CCNCC2)nc1-c1ccc(Br)cc1. The van der Waals surface area contributed by atoms with Crippen LogP contribution >= 0.6 is 27.3 Å².